The number of nitrogens with zero attached hydrogens (tertiary/aromatic N) is 2. The molecule has 126 valence electrons. The Morgan fingerprint density at radius 2 is 1.96 bits per heavy atom. The Morgan fingerprint density at radius 3 is 2.62 bits per heavy atom. The molecule has 24 heavy (non-hydrogen) atoms. The van der Waals surface area contributed by atoms with Crippen LogP contribution in [0.3, 0.4) is 0 Å². The van der Waals surface area contributed by atoms with Gasteiger partial charge in [0.1, 0.15) is 5.82 Å². The third-order valence-corrected chi connectivity index (χ3v) is 5.21. The molecule has 1 N–H and O–H groups in total. The number of hydrogen-bond acceptors (Lipinski definition) is 3. The lowest BCUT2D eigenvalue weighted by molar-refractivity contribution is 0.0709. The zero-order valence-electron chi connectivity index (χ0n) is 13.9. The lowest BCUT2D eigenvalue weighted by atomic mass is 10.0. The molecule has 0 radical (unpaired) electrons. The fourth-order valence-corrected chi connectivity index (χ4v) is 3.53. The number of hydrogen-bond donors (Lipinski definition) is 1. The zero-order valence-corrected chi connectivity index (χ0v) is 13.9. The maximum Gasteiger partial charge on any atom is 0.254 e. The van der Waals surface area contributed by atoms with Gasteiger partial charge in [-0.3, -0.25) is 9.78 Å². The van der Waals surface area contributed by atoms with Crippen LogP contribution in [-0.4, -0.2) is 42.0 Å². The van der Waals surface area contributed by atoms with Gasteiger partial charge in [0.05, 0.1) is 11.1 Å². The molecular formula is C19H22FN3O. The van der Waals surface area contributed by atoms with Gasteiger partial charge in [-0.15, -0.1) is 0 Å². The topological polar surface area (TPSA) is 45.2 Å². The third kappa shape index (κ3) is 2.88. The smallest absolute Gasteiger partial charge is 0.254 e. The Labute approximate surface area is 141 Å². The summed E-state index contributed by atoms with van der Waals surface area (Å²) < 4.78 is 13.7. The van der Waals surface area contributed by atoms with E-state index in [1.807, 2.05) is 18.0 Å². The molecule has 4 rings (SSSR count). The molecule has 1 saturated heterocycles. The maximum absolute atomic E-state index is 13.7. The van der Waals surface area contributed by atoms with Crippen molar-refractivity contribution in [2.75, 3.05) is 20.1 Å². The fourth-order valence-electron chi connectivity index (χ4n) is 3.53. The Bertz CT molecular complexity index is 780. The van der Waals surface area contributed by atoms with Crippen molar-refractivity contribution >= 4 is 16.8 Å². The lowest BCUT2D eigenvalue weighted by Gasteiger charge is -2.32. The number of halogens is 1. The average molecular weight is 327 g/mol. The van der Waals surface area contributed by atoms with Crippen LogP contribution < -0.4 is 5.32 Å². The summed E-state index contributed by atoms with van der Waals surface area (Å²) in [6.45, 7) is 1.48. The molecule has 2 aromatic rings. The SMILES string of the molecule is CNC1CCN(C(=O)c2cc(C3CC3)nc3ccc(F)cc23)CC1. The highest BCUT2D eigenvalue weighted by Crippen LogP contribution is 2.40. The number of nitrogens with one attached hydrogen (secondary N) is 1. The van der Waals surface area contributed by atoms with Gasteiger partial charge in [-0.25, -0.2) is 4.39 Å². The normalized spacial score (nSPS) is 19.0. The van der Waals surface area contributed by atoms with Crippen molar-refractivity contribution in [2.24, 2.45) is 0 Å². The molecular weight excluding hydrogens is 305 g/mol. The van der Waals surface area contributed by atoms with Crippen molar-refractivity contribution in [1.82, 2.24) is 15.2 Å². The van der Waals surface area contributed by atoms with E-state index < -0.39 is 0 Å². The number of likely N-dealkylation sites (tertiary alicyclic amines) is 1. The fraction of sp³-hybridized carbons (Fsp3) is 0.474. The summed E-state index contributed by atoms with van der Waals surface area (Å²) in [4.78, 5) is 19.6. The Kier molecular flexibility index (Phi) is 3.96. The summed E-state index contributed by atoms with van der Waals surface area (Å²) in [5.74, 6) is 0.136. The van der Waals surface area contributed by atoms with Crippen LogP contribution in [-0.2, 0) is 0 Å². The molecule has 1 aromatic carbocycles. The van der Waals surface area contributed by atoms with Gasteiger partial charge in [0, 0.05) is 36.1 Å². The first-order valence-electron chi connectivity index (χ1n) is 8.72. The van der Waals surface area contributed by atoms with Crippen LogP contribution in [0.4, 0.5) is 4.39 Å². The maximum atomic E-state index is 13.7. The van der Waals surface area contributed by atoms with Gasteiger partial charge in [-0.05, 0) is 57.0 Å². The Balaban J connectivity index is 1.71. The number of carbonyl (C=O) groups excluding carboxylic acids is 1. The van der Waals surface area contributed by atoms with Crippen LogP contribution in [0.15, 0.2) is 24.3 Å². The van der Waals surface area contributed by atoms with Crippen molar-refractivity contribution in [1.29, 1.82) is 0 Å². The second kappa shape index (κ2) is 6.13. The van der Waals surface area contributed by atoms with E-state index >= 15 is 0 Å². The number of pyridine rings is 1. The van der Waals surface area contributed by atoms with E-state index in [-0.39, 0.29) is 11.7 Å². The number of piperidine rings is 1. The van der Waals surface area contributed by atoms with Gasteiger partial charge >= 0.3 is 0 Å². The molecule has 1 amide bonds. The van der Waals surface area contributed by atoms with Crippen LogP contribution in [0.2, 0.25) is 0 Å². The van der Waals surface area contributed by atoms with E-state index in [4.69, 9.17) is 0 Å². The number of amides is 1. The molecule has 0 spiro atoms. The number of carbonyl (C=O) groups is 1. The summed E-state index contributed by atoms with van der Waals surface area (Å²) in [5, 5.41) is 3.90. The highest BCUT2D eigenvalue weighted by atomic mass is 19.1. The molecule has 4 nitrogen and oxygen atoms in total. The molecule has 2 fully saturated rings. The van der Waals surface area contributed by atoms with E-state index in [0.29, 0.717) is 28.4 Å². The molecule has 1 aliphatic carbocycles. The summed E-state index contributed by atoms with van der Waals surface area (Å²) in [6.07, 6.45) is 4.16. The minimum atomic E-state index is -0.327. The summed E-state index contributed by atoms with van der Waals surface area (Å²) in [7, 11) is 1.96. The molecule has 2 aliphatic rings. The van der Waals surface area contributed by atoms with Crippen molar-refractivity contribution in [2.45, 2.75) is 37.6 Å². The van der Waals surface area contributed by atoms with Gasteiger partial charge in [-0.2, -0.15) is 0 Å². The van der Waals surface area contributed by atoms with Gasteiger partial charge < -0.3 is 10.2 Å². The monoisotopic (exact) mass is 327 g/mol. The van der Waals surface area contributed by atoms with Crippen molar-refractivity contribution in [3.63, 3.8) is 0 Å². The first-order chi connectivity index (χ1) is 11.7. The number of aromatic nitrogens is 1. The first kappa shape index (κ1) is 15.5. The van der Waals surface area contributed by atoms with E-state index in [0.717, 1.165) is 44.5 Å². The van der Waals surface area contributed by atoms with Gasteiger partial charge in [0.25, 0.3) is 5.91 Å². The Hall–Kier alpha value is -2.01. The van der Waals surface area contributed by atoms with E-state index in [1.165, 1.54) is 12.1 Å². The zero-order chi connectivity index (χ0) is 16.7. The number of fused-ring (bicyclic) bond motifs is 1. The molecule has 0 bridgehead atoms. The first-order valence-corrected chi connectivity index (χ1v) is 8.72. The van der Waals surface area contributed by atoms with Crippen LogP contribution in [0.25, 0.3) is 10.9 Å². The highest BCUT2D eigenvalue weighted by Gasteiger charge is 2.29. The third-order valence-electron chi connectivity index (χ3n) is 5.21. The molecule has 2 heterocycles. The van der Waals surface area contributed by atoms with Gasteiger partial charge in [0.2, 0.25) is 0 Å². The number of rotatable bonds is 3. The van der Waals surface area contributed by atoms with Crippen LogP contribution in [0.5, 0.6) is 0 Å². The largest absolute Gasteiger partial charge is 0.339 e. The average Bonchev–Trinajstić information content (AvgIpc) is 3.45. The Morgan fingerprint density at radius 1 is 1.21 bits per heavy atom. The van der Waals surface area contributed by atoms with Gasteiger partial charge in [-0.1, -0.05) is 0 Å². The van der Waals surface area contributed by atoms with E-state index in [2.05, 4.69) is 10.3 Å². The minimum Gasteiger partial charge on any atom is -0.339 e. The molecule has 5 heteroatoms. The molecule has 0 atom stereocenters. The van der Waals surface area contributed by atoms with Crippen LogP contribution >= 0.6 is 0 Å². The predicted octanol–water partition coefficient (Wildman–Crippen LogP) is 3.08. The molecule has 1 aliphatic heterocycles. The van der Waals surface area contributed by atoms with Crippen LogP contribution in [0, 0.1) is 5.82 Å². The molecule has 1 saturated carbocycles. The van der Waals surface area contributed by atoms with Crippen molar-refractivity contribution in [3.05, 3.63) is 41.3 Å². The second-order valence-electron chi connectivity index (χ2n) is 6.89. The van der Waals surface area contributed by atoms with Crippen molar-refractivity contribution < 1.29 is 9.18 Å². The quantitative estimate of drug-likeness (QED) is 0.942. The lowest BCUT2D eigenvalue weighted by Crippen LogP contribution is -2.44. The van der Waals surface area contributed by atoms with Crippen LogP contribution in [0.1, 0.15) is 47.7 Å². The number of benzene rings is 1. The second-order valence-corrected chi connectivity index (χ2v) is 6.89. The molecule has 1 aromatic heterocycles. The minimum absolute atomic E-state index is 0.00412. The summed E-state index contributed by atoms with van der Waals surface area (Å²) in [5.41, 5.74) is 2.29. The van der Waals surface area contributed by atoms with E-state index in [9.17, 15) is 9.18 Å². The van der Waals surface area contributed by atoms with Gasteiger partial charge in [0.15, 0.2) is 0 Å². The highest BCUT2D eigenvalue weighted by molar-refractivity contribution is 6.06. The standard InChI is InChI=1S/C19H22FN3O/c1-21-14-6-8-23(9-7-14)19(24)16-11-18(12-2-3-12)22-17-5-4-13(20)10-15(16)17/h4-5,10-12,14,21H,2-3,6-9H2,1H3. The van der Waals surface area contributed by atoms with E-state index in [1.54, 1.807) is 6.07 Å². The van der Waals surface area contributed by atoms with Crippen molar-refractivity contribution in [3.8, 4) is 0 Å². The predicted molar refractivity (Wildman–Crippen MR) is 91.7 cm³/mol. The summed E-state index contributed by atoms with van der Waals surface area (Å²) >= 11 is 0. The molecule has 0 unspecified atom stereocenters. The summed E-state index contributed by atoms with van der Waals surface area (Å²) in [6, 6.07) is 6.90.